The van der Waals surface area contributed by atoms with Crippen LogP contribution >= 0.6 is 0 Å². The van der Waals surface area contributed by atoms with Gasteiger partial charge in [0, 0.05) is 12.1 Å². The van der Waals surface area contributed by atoms with Crippen molar-refractivity contribution in [3.8, 4) is 0 Å². The van der Waals surface area contributed by atoms with Crippen molar-refractivity contribution in [1.29, 1.82) is 0 Å². The molecule has 0 aliphatic heterocycles. The van der Waals surface area contributed by atoms with Gasteiger partial charge in [-0.2, -0.15) is 0 Å². The summed E-state index contributed by atoms with van der Waals surface area (Å²) in [6.45, 7) is 14.8. The van der Waals surface area contributed by atoms with E-state index in [1.54, 1.807) is 0 Å². The number of rotatable bonds is 8. The van der Waals surface area contributed by atoms with Crippen LogP contribution in [0.3, 0.4) is 0 Å². The van der Waals surface area contributed by atoms with Crippen LogP contribution in [0.1, 0.15) is 47.5 Å². The Balaban J connectivity index is 3.64. The second-order valence-electron chi connectivity index (χ2n) is 4.31. The zero-order valence-electron chi connectivity index (χ0n) is 10.6. The molecule has 1 unspecified atom stereocenters. The van der Waals surface area contributed by atoms with Crippen molar-refractivity contribution in [1.82, 2.24) is 10.2 Å². The van der Waals surface area contributed by atoms with Gasteiger partial charge in [-0.3, -0.25) is 4.90 Å². The molecule has 1 N–H and O–H groups in total. The van der Waals surface area contributed by atoms with Gasteiger partial charge in [-0.05, 0) is 53.2 Å². The molecule has 0 spiro atoms. The minimum absolute atomic E-state index is 0.668. The van der Waals surface area contributed by atoms with Crippen LogP contribution in [-0.4, -0.2) is 36.6 Å². The van der Waals surface area contributed by atoms with Crippen LogP contribution in [0, 0.1) is 0 Å². The van der Waals surface area contributed by atoms with Crippen LogP contribution < -0.4 is 5.32 Å². The van der Waals surface area contributed by atoms with Gasteiger partial charge in [0.2, 0.25) is 0 Å². The lowest BCUT2D eigenvalue weighted by atomic mass is 10.1. The largest absolute Gasteiger partial charge is 0.317 e. The molecule has 0 aliphatic rings. The summed E-state index contributed by atoms with van der Waals surface area (Å²) in [6, 6.07) is 1.37. The van der Waals surface area contributed by atoms with Crippen molar-refractivity contribution in [2.45, 2.75) is 59.5 Å². The Labute approximate surface area is 90.1 Å². The molecule has 0 bridgehead atoms. The molecular formula is C12H28N2. The van der Waals surface area contributed by atoms with E-state index in [1.807, 2.05) is 0 Å². The maximum Gasteiger partial charge on any atom is 0.00815 e. The average molecular weight is 200 g/mol. The van der Waals surface area contributed by atoms with Crippen LogP contribution in [0.15, 0.2) is 0 Å². The van der Waals surface area contributed by atoms with Crippen molar-refractivity contribution in [3.05, 3.63) is 0 Å². The van der Waals surface area contributed by atoms with Crippen LogP contribution in [-0.2, 0) is 0 Å². The van der Waals surface area contributed by atoms with Gasteiger partial charge in [0.25, 0.3) is 0 Å². The summed E-state index contributed by atoms with van der Waals surface area (Å²) in [5.74, 6) is 0. The molecule has 0 heterocycles. The molecule has 0 radical (unpaired) electrons. The predicted octanol–water partition coefficient (Wildman–Crippen LogP) is 2.49. The fraction of sp³-hybridized carbons (Fsp3) is 1.00. The Hall–Kier alpha value is -0.0800. The summed E-state index contributed by atoms with van der Waals surface area (Å²) in [6.07, 6.45) is 2.49. The van der Waals surface area contributed by atoms with Gasteiger partial charge >= 0.3 is 0 Å². The number of nitrogens with one attached hydrogen (secondary N) is 1. The molecule has 0 aromatic rings. The van der Waals surface area contributed by atoms with Crippen LogP contribution in [0.2, 0.25) is 0 Å². The van der Waals surface area contributed by atoms with E-state index in [-0.39, 0.29) is 0 Å². The van der Waals surface area contributed by atoms with E-state index in [2.05, 4.69) is 44.8 Å². The second-order valence-corrected chi connectivity index (χ2v) is 4.31. The van der Waals surface area contributed by atoms with Gasteiger partial charge in [0.05, 0.1) is 0 Å². The van der Waals surface area contributed by atoms with E-state index in [9.17, 15) is 0 Å². The normalized spacial score (nSPS) is 13.9. The smallest absolute Gasteiger partial charge is 0.00815 e. The molecule has 0 aromatic heterocycles. The summed E-state index contributed by atoms with van der Waals surface area (Å²) >= 11 is 0. The lowest BCUT2D eigenvalue weighted by molar-refractivity contribution is 0.165. The third-order valence-electron chi connectivity index (χ3n) is 2.76. The molecule has 1 atom stereocenters. The fourth-order valence-corrected chi connectivity index (χ4v) is 1.96. The molecule has 14 heavy (non-hydrogen) atoms. The average Bonchev–Trinajstić information content (AvgIpc) is 2.13. The molecular weight excluding hydrogens is 172 g/mol. The SMILES string of the molecule is CCCNCCC(C)N(CC)C(C)C. The van der Waals surface area contributed by atoms with Crippen molar-refractivity contribution < 1.29 is 0 Å². The minimum atomic E-state index is 0.668. The maximum absolute atomic E-state index is 3.46. The Morgan fingerprint density at radius 1 is 1.07 bits per heavy atom. The highest BCUT2D eigenvalue weighted by Crippen LogP contribution is 2.07. The number of hydrogen-bond acceptors (Lipinski definition) is 2. The first kappa shape index (κ1) is 13.9. The topological polar surface area (TPSA) is 15.3 Å². The third-order valence-corrected chi connectivity index (χ3v) is 2.76. The van der Waals surface area contributed by atoms with Gasteiger partial charge in [0.1, 0.15) is 0 Å². The van der Waals surface area contributed by atoms with Crippen molar-refractivity contribution in [2.75, 3.05) is 19.6 Å². The lowest BCUT2D eigenvalue weighted by Crippen LogP contribution is -2.40. The number of nitrogens with zero attached hydrogens (tertiary/aromatic N) is 1. The van der Waals surface area contributed by atoms with Crippen molar-refractivity contribution in [2.24, 2.45) is 0 Å². The van der Waals surface area contributed by atoms with Crippen LogP contribution in [0.4, 0.5) is 0 Å². The van der Waals surface area contributed by atoms with Gasteiger partial charge in [-0.15, -0.1) is 0 Å². The molecule has 2 nitrogen and oxygen atoms in total. The van der Waals surface area contributed by atoms with Crippen LogP contribution in [0.25, 0.3) is 0 Å². The van der Waals surface area contributed by atoms with Gasteiger partial charge < -0.3 is 5.32 Å². The predicted molar refractivity (Wildman–Crippen MR) is 64.8 cm³/mol. The highest BCUT2D eigenvalue weighted by molar-refractivity contribution is 4.70. The Bertz CT molecular complexity index is 123. The summed E-state index contributed by atoms with van der Waals surface area (Å²) in [4.78, 5) is 2.55. The van der Waals surface area contributed by atoms with Crippen molar-refractivity contribution >= 4 is 0 Å². The Morgan fingerprint density at radius 3 is 2.14 bits per heavy atom. The van der Waals surface area contributed by atoms with Gasteiger partial charge in [-0.1, -0.05) is 13.8 Å². The van der Waals surface area contributed by atoms with Gasteiger partial charge in [0.15, 0.2) is 0 Å². The summed E-state index contributed by atoms with van der Waals surface area (Å²) in [7, 11) is 0. The van der Waals surface area contributed by atoms with E-state index >= 15 is 0 Å². The third kappa shape index (κ3) is 5.61. The Kier molecular flexibility index (Phi) is 8.20. The summed E-state index contributed by atoms with van der Waals surface area (Å²) < 4.78 is 0. The maximum atomic E-state index is 3.46. The Morgan fingerprint density at radius 2 is 1.71 bits per heavy atom. The van der Waals surface area contributed by atoms with E-state index in [4.69, 9.17) is 0 Å². The molecule has 86 valence electrons. The van der Waals surface area contributed by atoms with Gasteiger partial charge in [-0.25, -0.2) is 0 Å². The molecule has 0 rings (SSSR count). The summed E-state index contributed by atoms with van der Waals surface area (Å²) in [5, 5.41) is 3.46. The van der Waals surface area contributed by atoms with Crippen LogP contribution in [0.5, 0.6) is 0 Å². The van der Waals surface area contributed by atoms with Crippen molar-refractivity contribution in [3.63, 3.8) is 0 Å². The molecule has 0 saturated heterocycles. The minimum Gasteiger partial charge on any atom is -0.317 e. The lowest BCUT2D eigenvalue weighted by Gasteiger charge is -2.31. The molecule has 0 aliphatic carbocycles. The highest BCUT2D eigenvalue weighted by atomic mass is 15.2. The standard InChI is InChI=1S/C12H28N2/c1-6-9-13-10-8-12(5)14(7-2)11(3)4/h11-13H,6-10H2,1-5H3. The molecule has 0 amide bonds. The first-order valence-electron chi connectivity index (χ1n) is 6.09. The molecule has 2 heteroatoms. The van der Waals surface area contributed by atoms with E-state index in [1.165, 1.54) is 12.8 Å². The first-order valence-corrected chi connectivity index (χ1v) is 6.09. The van der Waals surface area contributed by atoms with E-state index in [0.717, 1.165) is 19.6 Å². The second kappa shape index (κ2) is 8.25. The monoisotopic (exact) mass is 200 g/mol. The van der Waals surface area contributed by atoms with E-state index < -0.39 is 0 Å². The molecule has 0 aromatic carbocycles. The zero-order chi connectivity index (χ0) is 11.0. The fourth-order valence-electron chi connectivity index (χ4n) is 1.96. The van der Waals surface area contributed by atoms with E-state index in [0.29, 0.717) is 12.1 Å². The number of hydrogen-bond donors (Lipinski definition) is 1. The first-order chi connectivity index (χ1) is 6.63. The molecule has 0 saturated carbocycles. The highest BCUT2D eigenvalue weighted by Gasteiger charge is 2.13. The zero-order valence-corrected chi connectivity index (χ0v) is 10.6. The summed E-state index contributed by atoms with van der Waals surface area (Å²) in [5.41, 5.74) is 0. The molecule has 0 fully saturated rings. The quantitative estimate of drug-likeness (QED) is 0.606.